The lowest BCUT2D eigenvalue weighted by Crippen LogP contribution is -1.99. The van der Waals surface area contributed by atoms with Crippen LogP contribution in [-0.2, 0) is 6.61 Å². The third-order valence-corrected chi connectivity index (χ3v) is 3.10. The van der Waals surface area contributed by atoms with Crippen LogP contribution in [-0.4, -0.2) is 10.1 Å². The third kappa shape index (κ3) is 2.37. The smallest absolute Gasteiger partial charge is 0.229 e. The molecule has 1 aliphatic carbocycles. The number of hydrogen-bond acceptors (Lipinski definition) is 4. The zero-order valence-electron chi connectivity index (χ0n) is 10.6. The van der Waals surface area contributed by atoms with Crippen molar-refractivity contribution in [3.05, 3.63) is 41.0 Å². The summed E-state index contributed by atoms with van der Waals surface area (Å²) in [6.45, 7) is 4.46. The van der Waals surface area contributed by atoms with Crippen molar-refractivity contribution in [1.82, 2.24) is 10.1 Å². The van der Waals surface area contributed by atoms with Crippen LogP contribution in [0.4, 0.5) is 0 Å². The topological polar surface area (TPSA) is 48.2 Å². The molecule has 1 heterocycles. The van der Waals surface area contributed by atoms with E-state index in [1.165, 1.54) is 18.4 Å². The molecule has 0 saturated heterocycles. The molecule has 0 atom stereocenters. The van der Waals surface area contributed by atoms with Gasteiger partial charge in [0, 0.05) is 5.92 Å². The zero-order valence-corrected chi connectivity index (χ0v) is 10.6. The first-order valence-corrected chi connectivity index (χ1v) is 6.25. The van der Waals surface area contributed by atoms with E-state index in [-0.39, 0.29) is 0 Å². The molecule has 0 N–H and O–H groups in total. The summed E-state index contributed by atoms with van der Waals surface area (Å²) in [5, 5.41) is 3.93. The Hall–Kier alpha value is -1.84. The van der Waals surface area contributed by atoms with E-state index in [0.717, 1.165) is 17.2 Å². The van der Waals surface area contributed by atoms with Gasteiger partial charge in [0.15, 0.2) is 6.61 Å². The molecule has 0 radical (unpaired) electrons. The molecule has 1 aromatic heterocycles. The third-order valence-electron chi connectivity index (χ3n) is 3.10. The quantitative estimate of drug-likeness (QED) is 0.829. The highest BCUT2D eigenvalue weighted by Crippen LogP contribution is 2.38. The van der Waals surface area contributed by atoms with E-state index in [1.54, 1.807) is 0 Å². The lowest BCUT2D eigenvalue weighted by Gasteiger charge is -2.07. The second-order valence-electron chi connectivity index (χ2n) is 4.88. The molecule has 0 spiro atoms. The minimum absolute atomic E-state index is 0.361. The van der Waals surface area contributed by atoms with Gasteiger partial charge in [-0.05, 0) is 38.3 Å². The first-order chi connectivity index (χ1) is 8.72. The monoisotopic (exact) mass is 244 g/mol. The summed E-state index contributed by atoms with van der Waals surface area (Å²) in [4.78, 5) is 4.33. The molecule has 2 aromatic rings. The van der Waals surface area contributed by atoms with E-state index in [0.29, 0.717) is 18.3 Å². The molecule has 1 saturated carbocycles. The fourth-order valence-electron chi connectivity index (χ4n) is 1.93. The standard InChI is InChI=1S/C14H16N2O2/c1-9-3-6-12(10(2)7-9)17-8-13-15-14(18-16-13)11-4-5-11/h3,6-7,11H,4-5,8H2,1-2H3. The van der Waals surface area contributed by atoms with Crippen molar-refractivity contribution in [2.45, 2.75) is 39.2 Å². The van der Waals surface area contributed by atoms with E-state index in [9.17, 15) is 0 Å². The van der Waals surface area contributed by atoms with Crippen molar-refractivity contribution in [2.75, 3.05) is 0 Å². The van der Waals surface area contributed by atoms with Gasteiger partial charge < -0.3 is 9.26 Å². The van der Waals surface area contributed by atoms with Gasteiger partial charge >= 0.3 is 0 Å². The highest BCUT2D eigenvalue weighted by Gasteiger charge is 2.29. The minimum Gasteiger partial charge on any atom is -0.485 e. The Morgan fingerprint density at radius 1 is 1.33 bits per heavy atom. The molecule has 1 aliphatic rings. The largest absolute Gasteiger partial charge is 0.485 e. The summed E-state index contributed by atoms with van der Waals surface area (Å²) in [7, 11) is 0. The molecule has 0 aliphatic heterocycles. The maximum Gasteiger partial charge on any atom is 0.229 e. The first kappa shape index (κ1) is 11.3. The van der Waals surface area contributed by atoms with E-state index in [4.69, 9.17) is 9.26 Å². The molecule has 1 fully saturated rings. The number of aryl methyl sites for hydroxylation is 2. The fourth-order valence-corrected chi connectivity index (χ4v) is 1.93. The summed E-state index contributed by atoms with van der Waals surface area (Å²) in [5.74, 6) is 2.75. The van der Waals surface area contributed by atoms with Crippen molar-refractivity contribution in [3.8, 4) is 5.75 Å². The first-order valence-electron chi connectivity index (χ1n) is 6.25. The Labute approximate surface area is 106 Å². The molecular weight excluding hydrogens is 228 g/mol. The summed E-state index contributed by atoms with van der Waals surface area (Å²) in [6, 6.07) is 6.11. The van der Waals surface area contributed by atoms with Crippen molar-refractivity contribution < 1.29 is 9.26 Å². The average Bonchev–Trinajstić information content (AvgIpc) is 3.08. The predicted octanol–water partition coefficient (Wildman–Crippen LogP) is 3.14. The van der Waals surface area contributed by atoms with Crippen LogP contribution in [0.3, 0.4) is 0 Å². The predicted molar refractivity (Wildman–Crippen MR) is 66.5 cm³/mol. The van der Waals surface area contributed by atoms with E-state index in [1.807, 2.05) is 19.1 Å². The van der Waals surface area contributed by atoms with Gasteiger partial charge in [-0.2, -0.15) is 4.98 Å². The normalized spacial score (nSPS) is 14.8. The Bertz CT molecular complexity index is 559. The minimum atomic E-state index is 0.361. The molecule has 4 nitrogen and oxygen atoms in total. The highest BCUT2D eigenvalue weighted by molar-refractivity contribution is 5.35. The zero-order chi connectivity index (χ0) is 12.5. The Balaban J connectivity index is 1.65. The number of benzene rings is 1. The SMILES string of the molecule is Cc1ccc(OCc2noc(C3CC3)n2)c(C)c1. The second kappa shape index (κ2) is 4.44. The molecule has 18 heavy (non-hydrogen) atoms. The summed E-state index contributed by atoms with van der Waals surface area (Å²) in [6.07, 6.45) is 2.33. The Morgan fingerprint density at radius 3 is 2.89 bits per heavy atom. The fraction of sp³-hybridized carbons (Fsp3) is 0.429. The summed E-state index contributed by atoms with van der Waals surface area (Å²) in [5.41, 5.74) is 2.36. The molecule has 4 heteroatoms. The van der Waals surface area contributed by atoms with Gasteiger partial charge in [0.2, 0.25) is 11.7 Å². The Kier molecular flexibility index (Phi) is 2.78. The molecule has 0 unspecified atom stereocenters. The van der Waals surface area contributed by atoms with Gasteiger partial charge in [0.05, 0.1) is 0 Å². The van der Waals surface area contributed by atoms with Crippen molar-refractivity contribution in [1.29, 1.82) is 0 Å². The lowest BCUT2D eigenvalue weighted by molar-refractivity contribution is 0.283. The number of aromatic nitrogens is 2. The number of rotatable bonds is 4. The highest BCUT2D eigenvalue weighted by atomic mass is 16.5. The second-order valence-corrected chi connectivity index (χ2v) is 4.88. The van der Waals surface area contributed by atoms with Gasteiger partial charge in [-0.3, -0.25) is 0 Å². The van der Waals surface area contributed by atoms with Crippen LogP contribution in [0.1, 0.15) is 41.6 Å². The van der Waals surface area contributed by atoms with E-state index in [2.05, 4.69) is 23.1 Å². The van der Waals surface area contributed by atoms with Crippen LogP contribution >= 0.6 is 0 Å². The van der Waals surface area contributed by atoms with Crippen LogP contribution in [0.2, 0.25) is 0 Å². The van der Waals surface area contributed by atoms with Crippen LogP contribution in [0.15, 0.2) is 22.7 Å². The molecular formula is C14H16N2O2. The van der Waals surface area contributed by atoms with E-state index < -0.39 is 0 Å². The van der Waals surface area contributed by atoms with Gasteiger partial charge in [-0.25, -0.2) is 0 Å². The maximum atomic E-state index is 5.71. The molecule has 0 bridgehead atoms. The van der Waals surface area contributed by atoms with Gasteiger partial charge in [-0.1, -0.05) is 22.9 Å². The molecule has 1 aromatic carbocycles. The molecule has 94 valence electrons. The number of hydrogen-bond donors (Lipinski definition) is 0. The van der Waals surface area contributed by atoms with Crippen molar-refractivity contribution >= 4 is 0 Å². The van der Waals surface area contributed by atoms with Crippen LogP contribution < -0.4 is 4.74 Å². The summed E-state index contributed by atoms with van der Waals surface area (Å²) >= 11 is 0. The van der Waals surface area contributed by atoms with Crippen LogP contribution in [0.25, 0.3) is 0 Å². The van der Waals surface area contributed by atoms with Gasteiger partial charge in [0.1, 0.15) is 5.75 Å². The lowest BCUT2D eigenvalue weighted by atomic mass is 10.1. The average molecular weight is 244 g/mol. The van der Waals surface area contributed by atoms with Crippen LogP contribution in [0, 0.1) is 13.8 Å². The Morgan fingerprint density at radius 2 is 2.17 bits per heavy atom. The van der Waals surface area contributed by atoms with Gasteiger partial charge in [0.25, 0.3) is 0 Å². The number of ether oxygens (including phenoxy) is 1. The maximum absolute atomic E-state index is 5.71. The number of nitrogens with zero attached hydrogens (tertiary/aromatic N) is 2. The molecule has 3 rings (SSSR count). The molecule has 0 amide bonds. The van der Waals surface area contributed by atoms with Gasteiger partial charge in [-0.15, -0.1) is 0 Å². The summed E-state index contributed by atoms with van der Waals surface area (Å²) < 4.78 is 10.9. The van der Waals surface area contributed by atoms with Crippen LogP contribution in [0.5, 0.6) is 5.75 Å². The van der Waals surface area contributed by atoms with E-state index >= 15 is 0 Å². The van der Waals surface area contributed by atoms with Crippen molar-refractivity contribution in [2.24, 2.45) is 0 Å². The van der Waals surface area contributed by atoms with Crippen molar-refractivity contribution in [3.63, 3.8) is 0 Å².